The average Bonchev–Trinajstić information content (AvgIpc) is 2.53. The molecule has 1 unspecified atom stereocenters. The predicted octanol–water partition coefficient (Wildman–Crippen LogP) is 5.92. The second-order valence-corrected chi connectivity index (χ2v) is 9.39. The molecule has 0 fully saturated rings. The van der Waals surface area contributed by atoms with Crippen LogP contribution >= 0.6 is 0 Å². The van der Waals surface area contributed by atoms with Gasteiger partial charge in [0.15, 0.2) is 0 Å². The zero-order valence-corrected chi connectivity index (χ0v) is 19.0. The highest BCUT2D eigenvalue weighted by molar-refractivity contribution is 6.44. The Bertz CT molecular complexity index is 269. The number of ether oxygens (including phenoxy) is 2. The van der Waals surface area contributed by atoms with Crippen LogP contribution in [-0.2, 0) is 18.3 Å². The molecule has 0 heterocycles. The monoisotopic (exact) mass is 376 g/mol. The molecule has 0 aromatic carbocycles. The lowest BCUT2D eigenvalue weighted by atomic mass is 10.1. The molecule has 4 nitrogen and oxygen atoms in total. The molecule has 152 valence electrons. The minimum atomic E-state index is -1.82. The molecule has 25 heavy (non-hydrogen) atoms. The van der Waals surface area contributed by atoms with E-state index in [2.05, 4.69) is 20.8 Å². The molecular formula is C20H44O4Si. The molecule has 0 rings (SSSR count). The van der Waals surface area contributed by atoms with Gasteiger partial charge in [-0.15, -0.1) is 0 Å². The van der Waals surface area contributed by atoms with Gasteiger partial charge >= 0.3 is 9.28 Å². The van der Waals surface area contributed by atoms with Gasteiger partial charge in [-0.1, -0.05) is 59.3 Å². The Balaban J connectivity index is 4.82. The van der Waals surface area contributed by atoms with Crippen LogP contribution in [0.1, 0.15) is 99.8 Å². The highest BCUT2D eigenvalue weighted by atomic mass is 28.3. The zero-order chi connectivity index (χ0) is 19.1. The van der Waals surface area contributed by atoms with Crippen LogP contribution < -0.4 is 0 Å². The summed E-state index contributed by atoms with van der Waals surface area (Å²) >= 11 is 0. The van der Waals surface area contributed by atoms with Gasteiger partial charge in [-0.05, 0) is 46.6 Å². The van der Waals surface area contributed by atoms with Gasteiger partial charge in [-0.25, -0.2) is 0 Å². The van der Waals surface area contributed by atoms with Crippen LogP contribution in [-0.4, -0.2) is 34.1 Å². The van der Waals surface area contributed by atoms with Gasteiger partial charge in [0.25, 0.3) is 6.48 Å². The van der Waals surface area contributed by atoms with Crippen LogP contribution in [0, 0.1) is 0 Å². The summed E-state index contributed by atoms with van der Waals surface area (Å²) in [6, 6.07) is 1.02. The van der Waals surface area contributed by atoms with E-state index in [0.29, 0.717) is 6.10 Å². The predicted molar refractivity (Wildman–Crippen MR) is 108 cm³/mol. The van der Waals surface area contributed by atoms with Crippen molar-refractivity contribution in [3.05, 3.63) is 0 Å². The zero-order valence-electron chi connectivity index (χ0n) is 17.9. The minimum absolute atomic E-state index is 0.0700. The van der Waals surface area contributed by atoms with E-state index >= 15 is 0 Å². The summed E-state index contributed by atoms with van der Waals surface area (Å²) in [5.41, 5.74) is 0. The molecule has 0 aromatic rings. The van der Waals surface area contributed by atoms with Crippen LogP contribution in [0.2, 0.25) is 6.04 Å². The smallest absolute Gasteiger partial charge is 0.326 e. The topological polar surface area (TPSA) is 36.9 Å². The summed E-state index contributed by atoms with van der Waals surface area (Å²) in [6.45, 7) is 14.1. The second kappa shape index (κ2) is 16.2. The van der Waals surface area contributed by atoms with Crippen molar-refractivity contribution in [1.82, 2.24) is 0 Å². The van der Waals surface area contributed by atoms with Crippen LogP contribution in [0.15, 0.2) is 0 Å². The molecule has 0 bridgehead atoms. The number of hydrogen-bond acceptors (Lipinski definition) is 4. The minimum Gasteiger partial charge on any atom is -0.393 e. The van der Waals surface area contributed by atoms with Crippen LogP contribution in [0.3, 0.4) is 0 Å². The summed E-state index contributed by atoms with van der Waals surface area (Å²) in [6.07, 6.45) is 9.90. The Morgan fingerprint density at radius 3 is 1.56 bits per heavy atom. The maximum atomic E-state index is 6.51. The van der Waals surface area contributed by atoms with Crippen molar-refractivity contribution in [3.63, 3.8) is 0 Å². The SMILES string of the molecule is CCCCC(CCCC)O[SiH](CCCC)OC(OC(C)C)OC(C)C. The van der Waals surface area contributed by atoms with Gasteiger partial charge in [0, 0.05) is 6.10 Å². The first-order chi connectivity index (χ1) is 11.9. The molecule has 0 saturated heterocycles. The molecule has 0 saturated carbocycles. The van der Waals surface area contributed by atoms with Gasteiger partial charge in [0.1, 0.15) is 0 Å². The van der Waals surface area contributed by atoms with Crippen molar-refractivity contribution in [2.75, 3.05) is 0 Å². The molecule has 1 atom stereocenters. The van der Waals surface area contributed by atoms with Gasteiger partial charge in [-0.3, -0.25) is 0 Å². The maximum absolute atomic E-state index is 6.51. The lowest BCUT2D eigenvalue weighted by Gasteiger charge is -2.29. The van der Waals surface area contributed by atoms with Gasteiger partial charge in [0.05, 0.1) is 12.2 Å². The van der Waals surface area contributed by atoms with E-state index in [4.69, 9.17) is 18.3 Å². The standard InChI is InChI=1S/C20H44O4Si/c1-8-11-14-19(15-12-9-2)23-25(16-13-10-3)24-20(21-17(4)5)22-18(6)7/h17-20,25H,8-16H2,1-7H3. The Morgan fingerprint density at radius 1 is 0.680 bits per heavy atom. The normalized spacial score (nSPS) is 13.6. The van der Waals surface area contributed by atoms with E-state index in [1.165, 1.54) is 25.7 Å². The van der Waals surface area contributed by atoms with E-state index in [9.17, 15) is 0 Å². The molecule has 0 aliphatic rings. The van der Waals surface area contributed by atoms with Gasteiger partial charge in [0.2, 0.25) is 0 Å². The molecule has 0 aromatic heterocycles. The maximum Gasteiger partial charge on any atom is 0.326 e. The molecule has 0 spiro atoms. The first-order valence-electron chi connectivity index (χ1n) is 10.5. The third-order valence-electron chi connectivity index (χ3n) is 3.93. The molecule has 0 aliphatic heterocycles. The highest BCUT2D eigenvalue weighted by Crippen LogP contribution is 2.19. The van der Waals surface area contributed by atoms with E-state index in [1.807, 2.05) is 27.7 Å². The highest BCUT2D eigenvalue weighted by Gasteiger charge is 2.25. The fraction of sp³-hybridized carbons (Fsp3) is 1.00. The Hall–Kier alpha value is 0.0569. The Labute approximate surface area is 158 Å². The van der Waals surface area contributed by atoms with Crippen LogP contribution in [0.4, 0.5) is 0 Å². The van der Waals surface area contributed by atoms with Crippen molar-refractivity contribution < 1.29 is 18.3 Å². The Kier molecular flexibility index (Phi) is 16.3. The molecular weight excluding hydrogens is 332 g/mol. The Morgan fingerprint density at radius 2 is 1.16 bits per heavy atom. The lowest BCUT2D eigenvalue weighted by molar-refractivity contribution is -0.282. The van der Waals surface area contributed by atoms with E-state index in [1.54, 1.807) is 0 Å². The lowest BCUT2D eigenvalue weighted by Crippen LogP contribution is -2.37. The number of unbranched alkanes of at least 4 members (excludes halogenated alkanes) is 3. The van der Waals surface area contributed by atoms with E-state index < -0.39 is 15.8 Å². The molecule has 0 amide bonds. The van der Waals surface area contributed by atoms with Crippen molar-refractivity contribution in [2.24, 2.45) is 0 Å². The molecule has 0 radical (unpaired) electrons. The molecule has 0 N–H and O–H groups in total. The average molecular weight is 377 g/mol. The first kappa shape index (κ1) is 25.1. The third kappa shape index (κ3) is 14.9. The van der Waals surface area contributed by atoms with Crippen molar-refractivity contribution >= 4 is 9.28 Å². The summed E-state index contributed by atoms with van der Waals surface area (Å²) < 4.78 is 24.4. The van der Waals surface area contributed by atoms with Crippen molar-refractivity contribution in [3.8, 4) is 0 Å². The summed E-state index contributed by atoms with van der Waals surface area (Å²) in [4.78, 5) is 0. The van der Waals surface area contributed by atoms with Crippen LogP contribution in [0.5, 0.6) is 0 Å². The molecule has 5 heteroatoms. The fourth-order valence-corrected chi connectivity index (χ4v) is 4.72. The first-order valence-corrected chi connectivity index (χ1v) is 12.3. The van der Waals surface area contributed by atoms with Gasteiger partial charge in [-0.2, -0.15) is 0 Å². The molecule has 0 aliphatic carbocycles. The van der Waals surface area contributed by atoms with E-state index in [0.717, 1.165) is 31.7 Å². The summed E-state index contributed by atoms with van der Waals surface area (Å²) in [5.74, 6) is 0. The summed E-state index contributed by atoms with van der Waals surface area (Å²) in [7, 11) is -1.82. The number of hydrogen-bond donors (Lipinski definition) is 0. The van der Waals surface area contributed by atoms with Gasteiger partial charge < -0.3 is 18.3 Å². The van der Waals surface area contributed by atoms with Crippen molar-refractivity contribution in [2.45, 2.75) is 131 Å². The van der Waals surface area contributed by atoms with E-state index in [-0.39, 0.29) is 12.2 Å². The number of rotatable bonds is 17. The summed E-state index contributed by atoms with van der Waals surface area (Å²) in [5, 5.41) is 0. The van der Waals surface area contributed by atoms with Crippen molar-refractivity contribution in [1.29, 1.82) is 0 Å². The second-order valence-electron chi connectivity index (χ2n) is 7.41. The largest absolute Gasteiger partial charge is 0.393 e. The third-order valence-corrected chi connectivity index (χ3v) is 6.02. The fourth-order valence-electron chi connectivity index (χ4n) is 2.56. The van der Waals surface area contributed by atoms with Crippen LogP contribution in [0.25, 0.3) is 0 Å². The quantitative estimate of drug-likeness (QED) is 0.233.